The van der Waals surface area contributed by atoms with E-state index in [9.17, 15) is 0 Å². The van der Waals surface area contributed by atoms with Crippen molar-refractivity contribution in [2.24, 2.45) is 0 Å². The van der Waals surface area contributed by atoms with Crippen molar-refractivity contribution in [2.45, 2.75) is 26.4 Å². The standard InChI is InChI=1S/C11H15N5/c1-9-4-5-11(15-14-9)13-10(2)8-16-7-3-6-12-16/h3-7,10H,8H2,1-2H3,(H,13,15). The monoisotopic (exact) mass is 217 g/mol. The number of nitrogens with zero attached hydrogens (tertiary/aromatic N) is 4. The summed E-state index contributed by atoms with van der Waals surface area (Å²) >= 11 is 0. The lowest BCUT2D eigenvalue weighted by Crippen LogP contribution is -2.22. The van der Waals surface area contributed by atoms with Crippen LogP contribution in [0.1, 0.15) is 12.6 Å². The normalized spacial score (nSPS) is 12.4. The van der Waals surface area contributed by atoms with Crippen molar-refractivity contribution in [3.05, 3.63) is 36.3 Å². The van der Waals surface area contributed by atoms with Gasteiger partial charge in [-0.1, -0.05) is 0 Å². The van der Waals surface area contributed by atoms with Crippen LogP contribution in [0.3, 0.4) is 0 Å². The minimum Gasteiger partial charge on any atom is -0.364 e. The van der Waals surface area contributed by atoms with Gasteiger partial charge in [-0.3, -0.25) is 4.68 Å². The van der Waals surface area contributed by atoms with E-state index in [0.717, 1.165) is 18.1 Å². The fraction of sp³-hybridized carbons (Fsp3) is 0.364. The van der Waals surface area contributed by atoms with Gasteiger partial charge in [0.15, 0.2) is 0 Å². The topological polar surface area (TPSA) is 55.6 Å². The molecule has 0 aliphatic rings. The molecular formula is C11H15N5. The Bertz CT molecular complexity index is 420. The Morgan fingerprint density at radius 3 is 2.88 bits per heavy atom. The van der Waals surface area contributed by atoms with Gasteiger partial charge in [-0.25, -0.2) is 0 Å². The summed E-state index contributed by atoms with van der Waals surface area (Å²) in [6.07, 6.45) is 3.72. The third-order valence-corrected chi connectivity index (χ3v) is 2.21. The van der Waals surface area contributed by atoms with E-state index < -0.39 is 0 Å². The number of anilines is 1. The van der Waals surface area contributed by atoms with Crippen LogP contribution in [0.4, 0.5) is 5.82 Å². The van der Waals surface area contributed by atoms with Crippen LogP contribution < -0.4 is 5.32 Å². The van der Waals surface area contributed by atoms with E-state index in [-0.39, 0.29) is 6.04 Å². The summed E-state index contributed by atoms with van der Waals surface area (Å²) in [4.78, 5) is 0. The molecule has 0 aliphatic heterocycles. The first kappa shape index (κ1) is 10.6. The van der Waals surface area contributed by atoms with Crippen LogP contribution in [0.15, 0.2) is 30.6 Å². The quantitative estimate of drug-likeness (QED) is 0.842. The van der Waals surface area contributed by atoms with Gasteiger partial charge in [0.05, 0.1) is 12.2 Å². The summed E-state index contributed by atoms with van der Waals surface area (Å²) in [5.41, 5.74) is 0.922. The van der Waals surface area contributed by atoms with Gasteiger partial charge in [-0.15, -0.1) is 5.10 Å². The molecule has 1 unspecified atom stereocenters. The molecule has 1 N–H and O–H groups in total. The predicted molar refractivity (Wildman–Crippen MR) is 62.1 cm³/mol. The van der Waals surface area contributed by atoms with Crippen molar-refractivity contribution in [3.63, 3.8) is 0 Å². The lowest BCUT2D eigenvalue weighted by molar-refractivity contribution is 0.559. The first-order valence-electron chi connectivity index (χ1n) is 5.28. The van der Waals surface area contributed by atoms with E-state index >= 15 is 0 Å². The second kappa shape index (κ2) is 4.74. The van der Waals surface area contributed by atoms with Gasteiger partial charge in [0.25, 0.3) is 0 Å². The number of nitrogens with one attached hydrogen (secondary N) is 1. The summed E-state index contributed by atoms with van der Waals surface area (Å²) < 4.78 is 1.89. The van der Waals surface area contributed by atoms with Crippen LogP contribution in [0.2, 0.25) is 0 Å². The van der Waals surface area contributed by atoms with Crippen LogP contribution in [0, 0.1) is 6.92 Å². The maximum Gasteiger partial charge on any atom is 0.148 e. The summed E-state index contributed by atoms with van der Waals surface area (Å²) in [6, 6.07) is 6.05. The fourth-order valence-electron chi connectivity index (χ4n) is 1.46. The molecule has 2 heterocycles. The molecule has 16 heavy (non-hydrogen) atoms. The first-order valence-corrected chi connectivity index (χ1v) is 5.28. The third kappa shape index (κ3) is 2.79. The Morgan fingerprint density at radius 2 is 2.25 bits per heavy atom. The highest BCUT2D eigenvalue weighted by Crippen LogP contribution is 2.04. The molecule has 0 spiro atoms. The number of aryl methyl sites for hydroxylation is 1. The summed E-state index contributed by atoms with van der Waals surface area (Å²) in [6.45, 7) is 4.82. The molecule has 84 valence electrons. The average Bonchev–Trinajstić information content (AvgIpc) is 2.74. The highest BCUT2D eigenvalue weighted by Gasteiger charge is 2.04. The SMILES string of the molecule is Cc1ccc(NC(C)Cn2cccn2)nn1. The zero-order valence-electron chi connectivity index (χ0n) is 9.46. The second-order valence-electron chi connectivity index (χ2n) is 3.83. The van der Waals surface area contributed by atoms with Crippen molar-refractivity contribution in [3.8, 4) is 0 Å². The van der Waals surface area contributed by atoms with Gasteiger partial charge >= 0.3 is 0 Å². The fourth-order valence-corrected chi connectivity index (χ4v) is 1.46. The molecule has 5 nitrogen and oxygen atoms in total. The Labute approximate surface area is 94.5 Å². The van der Waals surface area contributed by atoms with Crippen LogP contribution in [0.5, 0.6) is 0 Å². The minimum absolute atomic E-state index is 0.261. The van der Waals surface area contributed by atoms with Crippen molar-refractivity contribution < 1.29 is 0 Å². The molecule has 2 aromatic rings. The van der Waals surface area contributed by atoms with E-state index in [4.69, 9.17) is 0 Å². The van der Waals surface area contributed by atoms with E-state index in [0.29, 0.717) is 0 Å². The summed E-state index contributed by atoms with van der Waals surface area (Å²) in [5, 5.41) is 15.5. The van der Waals surface area contributed by atoms with Gasteiger partial charge in [0.1, 0.15) is 5.82 Å². The molecule has 0 bridgehead atoms. The molecule has 0 aliphatic carbocycles. The summed E-state index contributed by atoms with van der Waals surface area (Å²) in [5.74, 6) is 0.797. The maximum absolute atomic E-state index is 4.15. The number of aromatic nitrogens is 4. The largest absolute Gasteiger partial charge is 0.364 e. The van der Waals surface area contributed by atoms with Gasteiger partial charge < -0.3 is 5.32 Å². The maximum atomic E-state index is 4.15. The predicted octanol–water partition coefficient (Wildman–Crippen LogP) is 1.48. The van der Waals surface area contributed by atoms with Gasteiger partial charge in [0, 0.05) is 18.4 Å². The molecule has 5 heteroatoms. The van der Waals surface area contributed by atoms with Crippen LogP contribution >= 0.6 is 0 Å². The van der Waals surface area contributed by atoms with E-state index in [1.54, 1.807) is 6.20 Å². The van der Waals surface area contributed by atoms with Crippen molar-refractivity contribution in [2.75, 3.05) is 5.32 Å². The van der Waals surface area contributed by atoms with Crippen LogP contribution in [0.25, 0.3) is 0 Å². The smallest absolute Gasteiger partial charge is 0.148 e. The average molecular weight is 217 g/mol. The van der Waals surface area contributed by atoms with Gasteiger partial charge in [-0.2, -0.15) is 10.2 Å². The molecule has 0 saturated carbocycles. The Balaban J connectivity index is 1.92. The van der Waals surface area contributed by atoms with Crippen molar-refractivity contribution in [1.29, 1.82) is 0 Å². The first-order chi connectivity index (χ1) is 7.74. The molecular weight excluding hydrogens is 202 g/mol. The second-order valence-corrected chi connectivity index (χ2v) is 3.83. The molecule has 0 aromatic carbocycles. The lowest BCUT2D eigenvalue weighted by Gasteiger charge is -2.13. The minimum atomic E-state index is 0.261. The molecule has 0 amide bonds. The molecule has 0 fully saturated rings. The third-order valence-electron chi connectivity index (χ3n) is 2.21. The molecule has 2 rings (SSSR count). The zero-order chi connectivity index (χ0) is 11.4. The van der Waals surface area contributed by atoms with Crippen LogP contribution in [-0.4, -0.2) is 26.0 Å². The van der Waals surface area contributed by atoms with E-state index in [1.165, 1.54) is 0 Å². The Morgan fingerprint density at radius 1 is 1.38 bits per heavy atom. The molecule has 1 atom stereocenters. The highest BCUT2D eigenvalue weighted by atomic mass is 15.3. The van der Waals surface area contributed by atoms with Gasteiger partial charge in [0.2, 0.25) is 0 Å². The van der Waals surface area contributed by atoms with Crippen molar-refractivity contribution in [1.82, 2.24) is 20.0 Å². The van der Waals surface area contributed by atoms with Crippen molar-refractivity contribution >= 4 is 5.82 Å². The highest BCUT2D eigenvalue weighted by molar-refractivity contribution is 5.33. The van der Waals surface area contributed by atoms with Crippen LogP contribution in [-0.2, 0) is 6.54 Å². The number of rotatable bonds is 4. The number of hydrogen-bond donors (Lipinski definition) is 1. The van der Waals surface area contributed by atoms with E-state index in [1.807, 2.05) is 36.0 Å². The van der Waals surface area contributed by atoms with E-state index in [2.05, 4.69) is 27.5 Å². The summed E-state index contributed by atoms with van der Waals surface area (Å²) in [7, 11) is 0. The number of hydrogen-bond acceptors (Lipinski definition) is 4. The molecule has 0 radical (unpaired) electrons. The zero-order valence-corrected chi connectivity index (χ0v) is 9.46. The van der Waals surface area contributed by atoms with Gasteiger partial charge in [-0.05, 0) is 32.0 Å². The Kier molecular flexibility index (Phi) is 3.14. The molecule has 0 saturated heterocycles. The lowest BCUT2D eigenvalue weighted by atomic mass is 10.3. The molecule has 2 aromatic heterocycles. The Hall–Kier alpha value is -1.91.